The van der Waals surface area contributed by atoms with Crippen LogP contribution >= 0.6 is 0 Å². The second-order valence-electron chi connectivity index (χ2n) is 21.6. The standard InChI is InChI=1S/C60H68N2/c1-41-15-23-51(24-16-41)61(53-27-19-43(20-28-53)45-35-47(57(3,4)5)39-48(36-45)58(6,7)8)55-31-33-56(34-32-55)62(52-25-17-42(2)18-26-52)54-29-21-44(22-30-54)46-37-49(59(9,10)11)40-50(38-46)60(12,13)14/h15-40H,1-14H3. The zero-order valence-electron chi connectivity index (χ0n) is 39.9. The Morgan fingerprint density at radius 3 is 0.645 bits per heavy atom. The molecular weight excluding hydrogens is 749 g/mol. The number of rotatable bonds is 8. The first-order valence-electron chi connectivity index (χ1n) is 22.4. The Labute approximate surface area is 374 Å². The van der Waals surface area contributed by atoms with Crippen LogP contribution in [0.15, 0.2) is 158 Å². The van der Waals surface area contributed by atoms with Crippen molar-refractivity contribution < 1.29 is 0 Å². The molecule has 0 aliphatic rings. The largest absolute Gasteiger partial charge is 0.311 e. The van der Waals surface area contributed by atoms with Crippen molar-refractivity contribution in [3.8, 4) is 22.3 Å². The van der Waals surface area contributed by atoms with Crippen molar-refractivity contribution in [2.45, 2.75) is 119 Å². The normalized spacial score (nSPS) is 12.4. The van der Waals surface area contributed by atoms with Crippen molar-refractivity contribution >= 4 is 34.1 Å². The summed E-state index contributed by atoms with van der Waals surface area (Å²) in [6.45, 7) is 31.9. The van der Waals surface area contributed by atoms with E-state index in [1.165, 1.54) is 55.6 Å². The van der Waals surface area contributed by atoms with Gasteiger partial charge < -0.3 is 9.80 Å². The predicted molar refractivity (Wildman–Crippen MR) is 271 cm³/mol. The molecule has 7 rings (SSSR count). The monoisotopic (exact) mass is 817 g/mol. The summed E-state index contributed by atoms with van der Waals surface area (Å²) in [5.74, 6) is 0. The van der Waals surface area contributed by atoms with E-state index in [-0.39, 0.29) is 21.7 Å². The van der Waals surface area contributed by atoms with Crippen molar-refractivity contribution in [3.63, 3.8) is 0 Å². The molecule has 62 heavy (non-hydrogen) atoms. The van der Waals surface area contributed by atoms with Gasteiger partial charge in [0.25, 0.3) is 0 Å². The highest BCUT2D eigenvalue weighted by Gasteiger charge is 2.23. The first kappa shape index (κ1) is 44.2. The minimum atomic E-state index is 0.0535. The number of benzene rings is 7. The van der Waals surface area contributed by atoms with Crippen molar-refractivity contribution in [2.75, 3.05) is 9.80 Å². The molecule has 0 radical (unpaired) electrons. The van der Waals surface area contributed by atoms with E-state index in [9.17, 15) is 0 Å². The van der Waals surface area contributed by atoms with Gasteiger partial charge in [0.1, 0.15) is 0 Å². The third-order valence-corrected chi connectivity index (χ3v) is 12.2. The highest BCUT2D eigenvalue weighted by Crippen LogP contribution is 2.42. The molecule has 0 unspecified atom stereocenters. The second-order valence-corrected chi connectivity index (χ2v) is 21.6. The number of anilines is 6. The molecular formula is C60H68N2. The Morgan fingerprint density at radius 1 is 0.242 bits per heavy atom. The van der Waals surface area contributed by atoms with Crippen LogP contribution in [-0.2, 0) is 21.7 Å². The molecule has 7 aromatic carbocycles. The summed E-state index contributed by atoms with van der Waals surface area (Å²) in [4.78, 5) is 4.73. The van der Waals surface area contributed by atoms with Crippen molar-refractivity contribution in [2.24, 2.45) is 0 Å². The van der Waals surface area contributed by atoms with Gasteiger partial charge in [-0.2, -0.15) is 0 Å². The second kappa shape index (κ2) is 16.8. The fraction of sp³-hybridized carbons (Fsp3) is 0.300. The average molecular weight is 817 g/mol. The first-order chi connectivity index (χ1) is 29.0. The van der Waals surface area contributed by atoms with E-state index < -0.39 is 0 Å². The summed E-state index contributed by atoms with van der Waals surface area (Å²) in [6.07, 6.45) is 0. The maximum Gasteiger partial charge on any atom is 0.0463 e. The molecule has 0 bridgehead atoms. The smallest absolute Gasteiger partial charge is 0.0463 e. The van der Waals surface area contributed by atoms with Gasteiger partial charge in [-0.1, -0.05) is 179 Å². The maximum atomic E-state index is 2.39. The van der Waals surface area contributed by atoms with Gasteiger partial charge in [0.15, 0.2) is 0 Å². The van der Waals surface area contributed by atoms with Crippen molar-refractivity contribution in [1.82, 2.24) is 0 Å². The molecule has 0 N–H and O–H groups in total. The summed E-state index contributed by atoms with van der Waals surface area (Å²) < 4.78 is 0. The molecule has 0 spiro atoms. The van der Waals surface area contributed by atoms with E-state index in [0.29, 0.717) is 0 Å². The van der Waals surface area contributed by atoms with Gasteiger partial charge in [-0.3, -0.25) is 0 Å². The van der Waals surface area contributed by atoms with E-state index in [1.54, 1.807) is 0 Å². The Hall–Kier alpha value is -5.86. The Morgan fingerprint density at radius 2 is 0.435 bits per heavy atom. The summed E-state index contributed by atoms with van der Waals surface area (Å²) in [5, 5.41) is 0. The van der Waals surface area contributed by atoms with Gasteiger partial charge in [0, 0.05) is 34.1 Å². The summed E-state index contributed by atoms with van der Waals surface area (Å²) >= 11 is 0. The van der Waals surface area contributed by atoms with Gasteiger partial charge in [-0.05, 0) is 153 Å². The minimum absolute atomic E-state index is 0.0535. The summed E-state index contributed by atoms with van der Waals surface area (Å²) in [6, 6.07) is 59.2. The molecule has 0 atom stereocenters. The fourth-order valence-electron chi connectivity index (χ4n) is 7.96. The molecule has 0 heterocycles. The van der Waals surface area contributed by atoms with E-state index in [2.05, 4.69) is 264 Å². The molecule has 0 fully saturated rings. The SMILES string of the molecule is Cc1ccc(N(c2ccc(-c3cc(C(C)(C)C)cc(C(C)(C)C)c3)cc2)c2ccc(N(c3ccc(C)cc3)c3ccc(-c4cc(C(C)(C)C)cc(C(C)(C)C)c4)cc3)cc2)cc1. The number of hydrogen-bond donors (Lipinski definition) is 0. The molecule has 2 nitrogen and oxygen atoms in total. The molecule has 0 amide bonds. The van der Waals surface area contributed by atoms with Crippen molar-refractivity contribution in [3.05, 3.63) is 191 Å². The van der Waals surface area contributed by atoms with Crippen LogP contribution in [0, 0.1) is 13.8 Å². The Kier molecular flexibility index (Phi) is 12.0. The van der Waals surface area contributed by atoms with Crippen LogP contribution in [0.5, 0.6) is 0 Å². The number of nitrogens with zero attached hydrogens (tertiary/aromatic N) is 2. The quantitative estimate of drug-likeness (QED) is 0.151. The molecule has 0 saturated carbocycles. The van der Waals surface area contributed by atoms with Crippen molar-refractivity contribution in [1.29, 1.82) is 0 Å². The highest BCUT2D eigenvalue weighted by molar-refractivity contribution is 5.83. The van der Waals surface area contributed by atoms with E-state index in [4.69, 9.17) is 0 Å². The summed E-state index contributed by atoms with van der Waals surface area (Å²) in [7, 11) is 0. The summed E-state index contributed by atoms with van der Waals surface area (Å²) in [5.41, 5.74) is 19.8. The zero-order chi connectivity index (χ0) is 44.8. The molecule has 0 aliphatic heterocycles. The van der Waals surface area contributed by atoms with E-state index in [0.717, 1.165) is 34.1 Å². The lowest BCUT2D eigenvalue weighted by atomic mass is 9.79. The zero-order valence-corrected chi connectivity index (χ0v) is 39.9. The third-order valence-electron chi connectivity index (χ3n) is 12.2. The molecule has 0 aliphatic carbocycles. The number of aryl methyl sites for hydroxylation is 2. The molecule has 0 saturated heterocycles. The van der Waals surface area contributed by atoms with Gasteiger partial charge >= 0.3 is 0 Å². The van der Waals surface area contributed by atoms with Gasteiger partial charge in [0.05, 0.1) is 0 Å². The lowest BCUT2D eigenvalue weighted by Gasteiger charge is -2.29. The molecule has 318 valence electrons. The van der Waals surface area contributed by atoms with Crippen LogP contribution in [0.25, 0.3) is 22.3 Å². The molecule has 0 aromatic heterocycles. The fourth-order valence-corrected chi connectivity index (χ4v) is 7.96. The molecule has 7 aromatic rings. The average Bonchev–Trinajstić information content (AvgIpc) is 3.22. The lowest BCUT2D eigenvalue weighted by Crippen LogP contribution is -2.16. The topological polar surface area (TPSA) is 6.48 Å². The van der Waals surface area contributed by atoms with Crippen LogP contribution in [0.2, 0.25) is 0 Å². The number of hydrogen-bond acceptors (Lipinski definition) is 2. The predicted octanol–water partition coefficient (Wildman–Crippen LogP) is 17.8. The van der Waals surface area contributed by atoms with Gasteiger partial charge in [-0.15, -0.1) is 0 Å². The van der Waals surface area contributed by atoms with Crippen LogP contribution in [0.3, 0.4) is 0 Å². The third kappa shape index (κ3) is 9.92. The van der Waals surface area contributed by atoms with Crippen LogP contribution in [-0.4, -0.2) is 0 Å². The minimum Gasteiger partial charge on any atom is -0.311 e. The highest BCUT2D eigenvalue weighted by atomic mass is 15.2. The van der Waals surface area contributed by atoms with E-state index in [1.807, 2.05) is 0 Å². The first-order valence-corrected chi connectivity index (χ1v) is 22.4. The molecule has 2 heteroatoms. The lowest BCUT2D eigenvalue weighted by molar-refractivity contribution is 0.568. The van der Waals surface area contributed by atoms with Crippen LogP contribution in [0.1, 0.15) is 116 Å². The van der Waals surface area contributed by atoms with Gasteiger partial charge in [0.2, 0.25) is 0 Å². The van der Waals surface area contributed by atoms with E-state index >= 15 is 0 Å². The maximum absolute atomic E-state index is 2.39. The Bertz CT molecular complexity index is 2370. The van der Waals surface area contributed by atoms with Crippen LogP contribution < -0.4 is 9.80 Å². The van der Waals surface area contributed by atoms with Crippen LogP contribution in [0.4, 0.5) is 34.1 Å². The Balaban J connectivity index is 1.27. The van der Waals surface area contributed by atoms with Gasteiger partial charge in [-0.25, -0.2) is 0 Å².